The van der Waals surface area contributed by atoms with Crippen molar-refractivity contribution < 1.29 is 0 Å². The highest BCUT2D eigenvalue weighted by Crippen LogP contribution is 2.27. The van der Waals surface area contributed by atoms with E-state index in [0.29, 0.717) is 6.54 Å². The summed E-state index contributed by atoms with van der Waals surface area (Å²) in [5, 5.41) is 1.26. The molecule has 0 spiro atoms. The third-order valence-electron chi connectivity index (χ3n) is 2.79. The number of nitrogens with two attached hydrogens (primary N) is 1. The Balaban J connectivity index is 2.58. The third-order valence-corrected chi connectivity index (χ3v) is 3.28. The van der Waals surface area contributed by atoms with Crippen molar-refractivity contribution in [2.24, 2.45) is 11.1 Å². The molecule has 0 saturated heterocycles. The molecule has 1 aromatic carbocycles. The first-order chi connectivity index (χ1) is 7.90. The Labute approximate surface area is 111 Å². The minimum absolute atomic E-state index is 0.264. The van der Waals surface area contributed by atoms with E-state index in [-0.39, 0.29) is 5.41 Å². The quantitative estimate of drug-likeness (QED) is 0.894. The van der Waals surface area contributed by atoms with E-state index < -0.39 is 0 Å². The van der Waals surface area contributed by atoms with Crippen LogP contribution in [0.3, 0.4) is 0 Å². The second kappa shape index (κ2) is 4.46. The number of hydrogen-bond acceptors (Lipinski definition) is 1. The lowest BCUT2D eigenvalue weighted by atomic mass is 9.97. The number of benzene rings is 1. The van der Waals surface area contributed by atoms with Crippen molar-refractivity contribution in [3.63, 3.8) is 0 Å². The van der Waals surface area contributed by atoms with Gasteiger partial charge < -0.3 is 10.3 Å². The summed E-state index contributed by atoms with van der Waals surface area (Å²) in [6, 6.07) is 6.38. The van der Waals surface area contributed by atoms with Gasteiger partial charge in [-0.25, -0.2) is 0 Å². The molecular formula is C14H19BrN2. The van der Waals surface area contributed by atoms with Gasteiger partial charge in [-0.3, -0.25) is 0 Å². The van der Waals surface area contributed by atoms with Crippen molar-refractivity contribution >= 4 is 26.8 Å². The van der Waals surface area contributed by atoms with Gasteiger partial charge in [-0.05, 0) is 23.1 Å². The highest BCUT2D eigenvalue weighted by Gasteiger charge is 2.14. The molecule has 0 aliphatic carbocycles. The lowest BCUT2D eigenvalue weighted by Gasteiger charge is -2.19. The van der Waals surface area contributed by atoms with E-state index in [1.807, 2.05) is 0 Å². The molecule has 0 unspecified atom stereocenters. The summed E-state index contributed by atoms with van der Waals surface area (Å²) >= 11 is 3.53. The Hall–Kier alpha value is -0.800. The van der Waals surface area contributed by atoms with Crippen LogP contribution in [-0.2, 0) is 13.1 Å². The molecule has 2 nitrogen and oxygen atoms in total. The molecule has 2 rings (SSSR count). The minimum atomic E-state index is 0.264. The molecule has 1 aromatic heterocycles. The lowest BCUT2D eigenvalue weighted by Crippen LogP contribution is -2.14. The molecule has 17 heavy (non-hydrogen) atoms. The molecule has 1 heterocycles. The molecule has 3 heteroatoms. The number of rotatable bonds is 2. The molecule has 0 aliphatic rings. The number of aromatic nitrogens is 1. The van der Waals surface area contributed by atoms with Crippen LogP contribution in [0.1, 0.15) is 26.3 Å². The van der Waals surface area contributed by atoms with Gasteiger partial charge in [-0.1, -0.05) is 42.8 Å². The summed E-state index contributed by atoms with van der Waals surface area (Å²) in [7, 11) is 0. The van der Waals surface area contributed by atoms with Crippen molar-refractivity contribution in [2.75, 3.05) is 0 Å². The summed E-state index contributed by atoms with van der Waals surface area (Å²) in [5.41, 5.74) is 8.55. The topological polar surface area (TPSA) is 30.9 Å². The Bertz CT molecular complexity index is 535. The first-order valence-corrected chi connectivity index (χ1v) is 6.67. The number of nitrogens with zero attached hydrogens (tertiary/aromatic N) is 1. The normalized spacial score (nSPS) is 12.3. The fraction of sp³-hybridized carbons (Fsp3) is 0.429. The van der Waals surface area contributed by atoms with Gasteiger partial charge in [0.1, 0.15) is 0 Å². The van der Waals surface area contributed by atoms with E-state index >= 15 is 0 Å². The first-order valence-electron chi connectivity index (χ1n) is 5.88. The molecule has 0 amide bonds. The third kappa shape index (κ3) is 2.72. The van der Waals surface area contributed by atoms with E-state index in [2.05, 4.69) is 65.7 Å². The van der Waals surface area contributed by atoms with Crippen LogP contribution >= 0.6 is 15.9 Å². The second-order valence-corrected chi connectivity index (χ2v) is 6.62. The zero-order valence-electron chi connectivity index (χ0n) is 10.6. The molecule has 0 bridgehead atoms. The summed E-state index contributed by atoms with van der Waals surface area (Å²) in [6.07, 6.45) is 2.18. The van der Waals surface area contributed by atoms with Crippen LogP contribution in [0, 0.1) is 5.41 Å². The summed E-state index contributed by atoms with van der Waals surface area (Å²) in [5.74, 6) is 0. The maximum Gasteiger partial charge on any atom is 0.0495 e. The predicted molar refractivity (Wildman–Crippen MR) is 77.0 cm³/mol. The van der Waals surface area contributed by atoms with Crippen LogP contribution < -0.4 is 5.73 Å². The smallest absolute Gasteiger partial charge is 0.0495 e. The molecule has 0 saturated carbocycles. The molecule has 0 atom stereocenters. The maximum absolute atomic E-state index is 5.81. The first kappa shape index (κ1) is 12.7. The van der Waals surface area contributed by atoms with Crippen LogP contribution in [-0.4, -0.2) is 4.57 Å². The monoisotopic (exact) mass is 294 g/mol. The standard InChI is InChI=1S/C14H19BrN2/c1-14(2,3)9-17-8-10(7-16)12-5-4-11(15)6-13(12)17/h4-6,8H,7,9,16H2,1-3H3. The van der Waals surface area contributed by atoms with E-state index in [0.717, 1.165) is 11.0 Å². The van der Waals surface area contributed by atoms with Gasteiger partial charge in [-0.15, -0.1) is 0 Å². The van der Waals surface area contributed by atoms with E-state index in [4.69, 9.17) is 5.73 Å². The zero-order chi connectivity index (χ0) is 12.6. The molecule has 0 aliphatic heterocycles. The van der Waals surface area contributed by atoms with Gasteiger partial charge in [0.05, 0.1) is 0 Å². The van der Waals surface area contributed by atoms with Crippen molar-refractivity contribution in [3.05, 3.63) is 34.4 Å². The van der Waals surface area contributed by atoms with Gasteiger partial charge in [0.25, 0.3) is 0 Å². The van der Waals surface area contributed by atoms with E-state index in [1.165, 1.54) is 16.5 Å². The number of fused-ring (bicyclic) bond motifs is 1. The zero-order valence-corrected chi connectivity index (χ0v) is 12.2. The molecular weight excluding hydrogens is 276 g/mol. The SMILES string of the molecule is CC(C)(C)Cn1cc(CN)c2ccc(Br)cc21. The molecule has 0 fully saturated rings. The largest absolute Gasteiger partial charge is 0.347 e. The minimum Gasteiger partial charge on any atom is -0.347 e. The van der Waals surface area contributed by atoms with Crippen molar-refractivity contribution in [1.29, 1.82) is 0 Å². The number of halogens is 1. The van der Waals surface area contributed by atoms with Crippen LogP contribution in [0.25, 0.3) is 10.9 Å². The summed E-state index contributed by atoms with van der Waals surface area (Å²) in [6.45, 7) is 8.34. The fourth-order valence-electron chi connectivity index (χ4n) is 2.15. The molecule has 2 N–H and O–H groups in total. The van der Waals surface area contributed by atoms with E-state index in [1.54, 1.807) is 0 Å². The Kier molecular flexibility index (Phi) is 3.32. The van der Waals surface area contributed by atoms with Crippen LogP contribution in [0.15, 0.2) is 28.9 Å². The summed E-state index contributed by atoms with van der Waals surface area (Å²) < 4.78 is 3.42. The predicted octanol–water partition coefficient (Wildman–Crippen LogP) is 3.91. The lowest BCUT2D eigenvalue weighted by molar-refractivity contribution is 0.349. The Morgan fingerprint density at radius 3 is 2.59 bits per heavy atom. The van der Waals surface area contributed by atoms with Gasteiger partial charge >= 0.3 is 0 Å². The van der Waals surface area contributed by atoms with Gasteiger partial charge in [0, 0.05) is 34.7 Å². The fourth-order valence-corrected chi connectivity index (χ4v) is 2.49. The van der Waals surface area contributed by atoms with E-state index in [9.17, 15) is 0 Å². The van der Waals surface area contributed by atoms with Crippen LogP contribution in [0.4, 0.5) is 0 Å². The maximum atomic E-state index is 5.81. The Morgan fingerprint density at radius 1 is 1.29 bits per heavy atom. The molecule has 2 aromatic rings. The molecule has 92 valence electrons. The van der Waals surface area contributed by atoms with Gasteiger partial charge in [0.2, 0.25) is 0 Å². The highest BCUT2D eigenvalue weighted by molar-refractivity contribution is 9.10. The second-order valence-electron chi connectivity index (χ2n) is 5.71. The Morgan fingerprint density at radius 2 is 2.00 bits per heavy atom. The highest BCUT2D eigenvalue weighted by atomic mass is 79.9. The molecule has 0 radical (unpaired) electrons. The van der Waals surface area contributed by atoms with Crippen molar-refractivity contribution in [2.45, 2.75) is 33.9 Å². The van der Waals surface area contributed by atoms with Crippen molar-refractivity contribution in [1.82, 2.24) is 4.57 Å². The average Bonchev–Trinajstić information content (AvgIpc) is 2.54. The van der Waals surface area contributed by atoms with Gasteiger partial charge in [0.15, 0.2) is 0 Å². The van der Waals surface area contributed by atoms with Crippen LogP contribution in [0.5, 0.6) is 0 Å². The number of hydrogen-bond donors (Lipinski definition) is 1. The van der Waals surface area contributed by atoms with Crippen LogP contribution in [0.2, 0.25) is 0 Å². The summed E-state index contributed by atoms with van der Waals surface area (Å²) in [4.78, 5) is 0. The van der Waals surface area contributed by atoms with Gasteiger partial charge in [-0.2, -0.15) is 0 Å². The average molecular weight is 295 g/mol. The van der Waals surface area contributed by atoms with Crippen molar-refractivity contribution in [3.8, 4) is 0 Å².